The van der Waals surface area contributed by atoms with Gasteiger partial charge in [-0.15, -0.1) is 11.8 Å². The summed E-state index contributed by atoms with van der Waals surface area (Å²) in [6.45, 7) is 4.09. The summed E-state index contributed by atoms with van der Waals surface area (Å²) in [5.41, 5.74) is 3.29. The summed E-state index contributed by atoms with van der Waals surface area (Å²) in [6.07, 6.45) is 0.758. The fourth-order valence-electron chi connectivity index (χ4n) is 3.18. The Hall–Kier alpha value is -2.22. The van der Waals surface area contributed by atoms with E-state index < -0.39 is 0 Å². The van der Waals surface area contributed by atoms with Crippen LogP contribution in [0.2, 0.25) is 5.02 Å². The van der Waals surface area contributed by atoms with Crippen LogP contribution in [-0.2, 0) is 11.2 Å². The van der Waals surface area contributed by atoms with E-state index >= 15 is 0 Å². The van der Waals surface area contributed by atoms with Gasteiger partial charge in [0.1, 0.15) is 0 Å². The number of halogens is 1. The molecule has 1 aliphatic heterocycles. The molecule has 4 rings (SSSR count). The summed E-state index contributed by atoms with van der Waals surface area (Å²) in [5.74, 6) is -0.0298. The molecule has 0 radical (unpaired) electrons. The van der Waals surface area contributed by atoms with Gasteiger partial charge in [0.2, 0.25) is 5.91 Å². The van der Waals surface area contributed by atoms with Crippen LogP contribution < -0.4 is 10.9 Å². The van der Waals surface area contributed by atoms with E-state index in [2.05, 4.69) is 12.2 Å². The number of hydrogen-bond donors (Lipinski definition) is 1. The smallest absolute Gasteiger partial charge is 0.272 e. The number of fused-ring (bicyclic) bond motifs is 1. The fraction of sp³-hybridized carbons (Fsp3) is 0.227. The lowest BCUT2D eigenvalue weighted by Gasteiger charge is -2.14. The lowest BCUT2D eigenvalue weighted by molar-refractivity contribution is -0.113. The van der Waals surface area contributed by atoms with E-state index in [1.807, 2.05) is 31.2 Å². The second-order valence-corrected chi connectivity index (χ2v) is 9.95. The molecule has 8 heteroatoms. The highest BCUT2D eigenvalue weighted by Gasteiger charge is 2.27. The minimum atomic E-state index is -0.171. The topological polar surface area (TPSA) is 64.0 Å². The second kappa shape index (κ2) is 8.88. The first-order valence-electron chi connectivity index (χ1n) is 9.48. The summed E-state index contributed by atoms with van der Waals surface area (Å²) in [6, 6.07) is 14.7. The van der Waals surface area contributed by atoms with Gasteiger partial charge in [-0.3, -0.25) is 14.2 Å². The van der Waals surface area contributed by atoms with Gasteiger partial charge in [-0.1, -0.05) is 48.0 Å². The average Bonchev–Trinajstić information content (AvgIpc) is 3.10. The Morgan fingerprint density at radius 1 is 1.23 bits per heavy atom. The van der Waals surface area contributed by atoms with Crippen molar-refractivity contribution in [2.45, 2.75) is 35.6 Å². The summed E-state index contributed by atoms with van der Waals surface area (Å²) in [7, 11) is 0. The van der Waals surface area contributed by atoms with Crippen LogP contribution in [0.3, 0.4) is 0 Å². The number of hydrogen-bond acceptors (Lipinski definition) is 5. The van der Waals surface area contributed by atoms with Crippen molar-refractivity contribution in [3.63, 3.8) is 0 Å². The Balaban J connectivity index is 1.61. The molecule has 1 atom stereocenters. The first kappa shape index (κ1) is 21.0. The Morgan fingerprint density at radius 2 is 1.93 bits per heavy atom. The van der Waals surface area contributed by atoms with Crippen molar-refractivity contribution < 1.29 is 4.79 Å². The number of nitrogens with zero attached hydrogens (tertiary/aromatic N) is 2. The maximum Gasteiger partial charge on any atom is 0.272 e. The van der Waals surface area contributed by atoms with Crippen molar-refractivity contribution in [3.8, 4) is 5.69 Å². The van der Waals surface area contributed by atoms with Crippen molar-refractivity contribution in [3.05, 3.63) is 75.2 Å². The number of benzene rings is 2. The second-order valence-electron chi connectivity index (χ2n) is 7.12. The van der Waals surface area contributed by atoms with Crippen molar-refractivity contribution in [2.24, 2.45) is 0 Å². The molecular formula is C22H20ClN3O2S2. The van der Waals surface area contributed by atoms with E-state index in [0.29, 0.717) is 26.0 Å². The van der Waals surface area contributed by atoms with Crippen LogP contribution in [0, 0.1) is 6.92 Å². The zero-order chi connectivity index (χ0) is 21.3. The largest absolute Gasteiger partial charge is 0.325 e. The SMILES string of the molecule is Cc1ccc(-n2c(SCC(=O)Nc3ccc(Cl)cc3)nc3c(c2=O)SC(C)C3)cc1. The standard InChI is InChI=1S/C22H20ClN3O2S2/c1-13-3-9-17(10-4-13)26-21(28)20-18(11-14(2)30-20)25-22(26)29-12-19(27)24-16-7-5-15(23)6-8-16/h3-10,14H,11-12H2,1-2H3,(H,24,27). The third-order valence-electron chi connectivity index (χ3n) is 4.63. The molecule has 5 nitrogen and oxygen atoms in total. The molecule has 1 amide bonds. The highest BCUT2D eigenvalue weighted by atomic mass is 35.5. The van der Waals surface area contributed by atoms with Crippen LogP contribution >= 0.6 is 35.1 Å². The minimum absolute atomic E-state index is 0.0705. The molecule has 0 aliphatic carbocycles. The Labute approximate surface area is 188 Å². The monoisotopic (exact) mass is 457 g/mol. The van der Waals surface area contributed by atoms with Crippen molar-refractivity contribution in [2.75, 3.05) is 11.1 Å². The first-order chi connectivity index (χ1) is 14.4. The molecule has 0 fully saturated rings. The maximum absolute atomic E-state index is 13.3. The lowest BCUT2D eigenvalue weighted by Crippen LogP contribution is -2.24. The summed E-state index contributed by atoms with van der Waals surface area (Å²) in [4.78, 5) is 31.2. The van der Waals surface area contributed by atoms with Gasteiger partial charge in [0.15, 0.2) is 5.16 Å². The fourth-order valence-corrected chi connectivity index (χ4v) is 5.23. The maximum atomic E-state index is 13.3. The summed E-state index contributed by atoms with van der Waals surface area (Å²) >= 11 is 8.72. The molecule has 0 saturated carbocycles. The molecule has 0 bridgehead atoms. The van der Waals surface area contributed by atoms with Crippen LogP contribution in [-0.4, -0.2) is 26.5 Å². The van der Waals surface area contributed by atoms with Crippen LogP contribution in [0.5, 0.6) is 0 Å². The van der Waals surface area contributed by atoms with Gasteiger partial charge >= 0.3 is 0 Å². The third kappa shape index (κ3) is 4.58. The normalized spacial score (nSPS) is 15.1. The van der Waals surface area contributed by atoms with E-state index in [0.717, 1.165) is 23.4 Å². The van der Waals surface area contributed by atoms with Crippen LogP contribution in [0.25, 0.3) is 5.69 Å². The number of thioether (sulfide) groups is 2. The molecule has 1 N–H and O–H groups in total. The van der Waals surface area contributed by atoms with E-state index in [1.165, 1.54) is 11.8 Å². The number of aryl methyl sites for hydroxylation is 1. The number of aromatic nitrogens is 2. The lowest BCUT2D eigenvalue weighted by atomic mass is 10.2. The number of nitrogens with one attached hydrogen (secondary N) is 1. The van der Waals surface area contributed by atoms with Gasteiger partial charge in [-0.2, -0.15) is 0 Å². The first-order valence-corrected chi connectivity index (χ1v) is 11.7. The molecule has 154 valence electrons. The number of rotatable bonds is 5. The van der Waals surface area contributed by atoms with Crippen LogP contribution in [0.1, 0.15) is 18.2 Å². The summed E-state index contributed by atoms with van der Waals surface area (Å²) in [5, 5.41) is 4.30. The molecule has 2 heterocycles. The van der Waals surface area contributed by atoms with Gasteiger partial charge in [0, 0.05) is 22.4 Å². The molecular weight excluding hydrogens is 438 g/mol. The zero-order valence-electron chi connectivity index (χ0n) is 16.5. The van der Waals surface area contributed by atoms with Gasteiger partial charge < -0.3 is 5.32 Å². The summed E-state index contributed by atoms with van der Waals surface area (Å²) < 4.78 is 1.61. The number of anilines is 1. The van der Waals surface area contributed by atoms with Crippen molar-refractivity contribution >= 4 is 46.7 Å². The number of carbonyl (C=O) groups is 1. The van der Waals surface area contributed by atoms with E-state index in [-0.39, 0.29) is 17.2 Å². The average molecular weight is 458 g/mol. The van der Waals surface area contributed by atoms with E-state index in [9.17, 15) is 9.59 Å². The predicted molar refractivity (Wildman–Crippen MR) is 124 cm³/mol. The molecule has 1 aliphatic rings. The highest BCUT2D eigenvalue weighted by Crippen LogP contribution is 2.34. The molecule has 0 spiro atoms. The number of amides is 1. The Kier molecular flexibility index (Phi) is 6.22. The third-order valence-corrected chi connectivity index (χ3v) is 7.04. The zero-order valence-corrected chi connectivity index (χ0v) is 18.9. The molecule has 0 saturated heterocycles. The van der Waals surface area contributed by atoms with Gasteiger partial charge in [0.05, 0.1) is 22.0 Å². The molecule has 2 aromatic carbocycles. The van der Waals surface area contributed by atoms with Gasteiger partial charge in [-0.25, -0.2) is 4.98 Å². The van der Waals surface area contributed by atoms with Crippen LogP contribution in [0.4, 0.5) is 5.69 Å². The highest BCUT2D eigenvalue weighted by molar-refractivity contribution is 8.00. The molecule has 1 unspecified atom stereocenters. The van der Waals surface area contributed by atoms with Gasteiger partial charge in [0.25, 0.3) is 5.56 Å². The molecule has 1 aromatic heterocycles. The molecule has 30 heavy (non-hydrogen) atoms. The van der Waals surface area contributed by atoms with Crippen LogP contribution in [0.15, 0.2) is 63.4 Å². The Morgan fingerprint density at radius 3 is 2.63 bits per heavy atom. The van der Waals surface area contributed by atoms with E-state index in [1.54, 1.807) is 40.6 Å². The van der Waals surface area contributed by atoms with Gasteiger partial charge in [-0.05, 0) is 43.3 Å². The minimum Gasteiger partial charge on any atom is -0.325 e. The number of carbonyl (C=O) groups excluding carboxylic acids is 1. The predicted octanol–water partition coefficient (Wildman–Crippen LogP) is 4.96. The molecule has 3 aromatic rings. The van der Waals surface area contributed by atoms with E-state index in [4.69, 9.17) is 16.6 Å². The van der Waals surface area contributed by atoms with Crippen molar-refractivity contribution in [1.82, 2.24) is 9.55 Å². The quantitative estimate of drug-likeness (QED) is 0.433. The van der Waals surface area contributed by atoms with Crippen molar-refractivity contribution in [1.29, 1.82) is 0 Å². The Bertz CT molecular complexity index is 1140.